The van der Waals surface area contributed by atoms with Crippen LogP contribution in [-0.2, 0) is 4.79 Å². The van der Waals surface area contributed by atoms with Gasteiger partial charge in [-0.1, -0.05) is 63.1 Å². The van der Waals surface area contributed by atoms with Crippen molar-refractivity contribution >= 4 is 50.9 Å². The first kappa shape index (κ1) is 24.3. The number of amides is 1. The van der Waals surface area contributed by atoms with Crippen LogP contribution in [0.1, 0.15) is 16.7 Å². The van der Waals surface area contributed by atoms with Crippen LogP contribution in [0.2, 0.25) is 5.02 Å². The number of aromatic hydroxyl groups is 1. The van der Waals surface area contributed by atoms with Crippen LogP contribution in [0.25, 0.3) is 17.1 Å². The number of hydrogen-bond donors (Lipinski definition) is 2. The fraction of sp³-hybridized carbons (Fsp3) is 0.160. The number of halogens is 2. The highest BCUT2D eigenvalue weighted by Crippen LogP contribution is 2.35. The summed E-state index contributed by atoms with van der Waals surface area (Å²) >= 11 is 10.9. The first-order valence-corrected chi connectivity index (χ1v) is 12.6. The Labute approximate surface area is 215 Å². The molecule has 3 aromatic carbocycles. The third-order valence-corrected chi connectivity index (χ3v) is 7.13. The van der Waals surface area contributed by atoms with Crippen molar-refractivity contribution in [1.29, 1.82) is 0 Å². The topological polar surface area (TPSA) is 80.0 Å². The Morgan fingerprint density at radius 3 is 2.68 bits per heavy atom. The van der Waals surface area contributed by atoms with Gasteiger partial charge in [-0.2, -0.15) is 0 Å². The molecule has 9 heteroatoms. The molecule has 0 aliphatic heterocycles. The van der Waals surface area contributed by atoms with Crippen molar-refractivity contribution in [2.24, 2.45) is 0 Å². The van der Waals surface area contributed by atoms with Gasteiger partial charge >= 0.3 is 0 Å². The smallest absolute Gasteiger partial charge is 0.234 e. The summed E-state index contributed by atoms with van der Waals surface area (Å²) in [6, 6.07) is 16.6. The lowest BCUT2D eigenvalue weighted by atomic mass is 10.1. The van der Waals surface area contributed by atoms with Crippen LogP contribution in [0.3, 0.4) is 0 Å². The molecular weight excluding hydrogens is 536 g/mol. The van der Waals surface area contributed by atoms with Gasteiger partial charge in [-0.05, 0) is 68.3 Å². The third-order valence-electron chi connectivity index (χ3n) is 5.30. The van der Waals surface area contributed by atoms with E-state index in [1.807, 2.05) is 43.5 Å². The lowest BCUT2D eigenvalue weighted by Gasteiger charge is -2.14. The Morgan fingerprint density at radius 2 is 1.91 bits per heavy atom. The van der Waals surface area contributed by atoms with Gasteiger partial charge in [-0.25, -0.2) is 0 Å². The lowest BCUT2D eigenvalue weighted by Crippen LogP contribution is -2.15. The monoisotopic (exact) mass is 556 g/mol. The first-order chi connectivity index (χ1) is 16.2. The second-order valence-electron chi connectivity index (χ2n) is 7.84. The van der Waals surface area contributed by atoms with E-state index in [-0.39, 0.29) is 17.4 Å². The summed E-state index contributed by atoms with van der Waals surface area (Å²) in [5, 5.41) is 23.3. The number of thioether (sulfide) groups is 1. The number of nitrogens with zero attached hydrogens (tertiary/aromatic N) is 3. The van der Waals surface area contributed by atoms with Gasteiger partial charge in [0.1, 0.15) is 5.75 Å². The fourth-order valence-corrected chi connectivity index (χ4v) is 4.84. The number of aromatic nitrogens is 3. The highest BCUT2D eigenvalue weighted by atomic mass is 79.9. The Morgan fingerprint density at radius 1 is 1.12 bits per heavy atom. The molecule has 0 saturated heterocycles. The van der Waals surface area contributed by atoms with E-state index < -0.39 is 0 Å². The van der Waals surface area contributed by atoms with Crippen LogP contribution in [0, 0.1) is 20.8 Å². The minimum Gasteiger partial charge on any atom is -0.507 e. The van der Waals surface area contributed by atoms with E-state index in [4.69, 9.17) is 11.6 Å². The summed E-state index contributed by atoms with van der Waals surface area (Å²) in [6.07, 6.45) is 0. The van der Waals surface area contributed by atoms with Gasteiger partial charge in [-0.15, -0.1) is 10.2 Å². The zero-order chi connectivity index (χ0) is 24.4. The van der Waals surface area contributed by atoms with Crippen LogP contribution in [-0.4, -0.2) is 31.5 Å². The van der Waals surface area contributed by atoms with Crippen LogP contribution >= 0.6 is 39.3 Å². The third kappa shape index (κ3) is 5.14. The van der Waals surface area contributed by atoms with Crippen molar-refractivity contribution in [2.75, 3.05) is 11.1 Å². The van der Waals surface area contributed by atoms with Crippen LogP contribution < -0.4 is 5.32 Å². The molecule has 34 heavy (non-hydrogen) atoms. The molecule has 174 valence electrons. The molecule has 0 fully saturated rings. The van der Waals surface area contributed by atoms with E-state index in [0.717, 1.165) is 26.9 Å². The molecule has 4 rings (SSSR count). The molecule has 0 aliphatic carbocycles. The van der Waals surface area contributed by atoms with Crippen molar-refractivity contribution < 1.29 is 9.90 Å². The number of anilines is 1. The average molecular weight is 558 g/mol. The molecule has 1 heterocycles. The van der Waals surface area contributed by atoms with Crippen molar-refractivity contribution in [2.45, 2.75) is 25.9 Å². The molecule has 0 saturated carbocycles. The first-order valence-electron chi connectivity index (χ1n) is 10.4. The van der Waals surface area contributed by atoms with E-state index in [9.17, 15) is 9.90 Å². The Kier molecular flexibility index (Phi) is 7.30. The number of carbonyl (C=O) groups excluding carboxylic acids is 1. The second-order valence-corrected chi connectivity index (χ2v) is 10.1. The van der Waals surface area contributed by atoms with Crippen LogP contribution in [0.15, 0.2) is 64.2 Å². The van der Waals surface area contributed by atoms with Gasteiger partial charge in [0.25, 0.3) is 0 Å². The number of aryl methyl sites for hydroxylation is 2. The predicted octanol–water partition coefficient (Wildman–Crippen LogP) is 6.71. The number of phenolic OH excluding ortho intramolecular Hbond substituents is 1. The number of carbonyl (C=O) groups is 1. The molecule has 6 nitrogen and oxygen atoms in total. The van der Waals surface area contributed by atoms with Gasteiger partial charge < -0.3 is 10.4 Å². The van der Waals surface area contributed by atoms with Crippen LogP contribution in [0.4, 0.5) is 5.69 Å². The molecule has 0 aliphatic rings. The summed E-state index contributed by atoms with van der Waals surface area (Å²) in [7, 11) is 0. The largest absolute Gasteiger partial charge is 0.507 e. The Hall–Kier alpha value is -2.81. The van der Waals surface area contributed by atoms with Gasteiger partial charge in [0.15, 0.2) is 11.0 Å². The maximum Gasteiger partial charge on any atom is 0.234 e. The zero-order valence-corrected chi connectivity index (χ0v) is 21.9. The summed E-state index contributed by atoms with van der Waals surface area (Å²) in [5.41, 5.74) is 5.05. The van der Waals surface area contributed by atoms with Crippen molar-refractivity contribution in [1.82, 2.24) is 14.8 Å². The molecule has 0 atom stereocenters. The van der Waals surface area contributed by atoms with Gasteiger partial charge in [0.2, 0.25) is 5.91 Å². The Bertz CT molecular complexity index is 1390. The lowest BCUT2D eigenvalue weighted by molar-refractivity contribution is -0.113. The van der Waals surface area contributed by atoms with Crippen LogP contribution in [0.5, 0.6) is 5.75 Å². The number of phenols is 1. The Balaban J connectivity index is 1.69. The maximum atomic E-state index is 12.7. The summed E-state index contributed by atoms with van der Waals surface area (Å²) < 4.78 is 2.68. The normalized spacial score (nSPS) is 11.0. The minimum atomic E-state index is -0.183. The van der Waals surface area contributed by atoms with Crippen molar-refractivity contribution in [3.05, 3.63) is 80.8 Å². The molecule has 4 aromatic rings. The highest BCUT2D eigenvalue weighted by Gasteiger charge is 2.21. The standard InChI is InChI=1S/C25H22BrClN4O2S/c1-14-7-9-21(15(2)11-14)31-24(18-12-17(26)8-10-22(18)32)29-30-25(31)34-13-23(33)28-20-6-4-5-19(27)16(20)3/h4-12,32H,13H2,1-3H3,(H,28,33). The number of hydrogen-bond acceptors (Lipinski definition) is 5. The summed E-state index contributed by atoms with van der Waals surface area (Å²) in [6.45, 7) is 5.90. The van der Waals surface area contributed by atoms with E-state index in [0.29, 0.717) is 27.3 Å². The molecule has 2 N–H and O–H groups in total. The second kappa shape index (κ2) is 10.2. The van der Waals surface area contributed by atoms with E-state index in [2.05, 4.69) is 37.5 Å². The fourth-order valence-electron chi connectivity index (χ4n) is 3.56. The van der Waals surface area contributed by atoms with E-state index >= 15 is 0 Å². The molecule has 1 aromatic heterocycles. The minimum absolute atomic E-state index is 0.0901. The number of nitrogens with one attached hydrogen (secondary N) is 1. The van der Waals surface area contributed by atoms with Crippen molar-refractivity contribution in [3.8, 4) is 22.8 Å². The van der Waals surface area contributed by atoms with Crippen molar-refractivity contribution in [3.63, 3.8) is 0 Å². The van der Waals surface area contributed by atoms with E-state index in [1.165, 1.54) is 11.8 Å². The van der Waals surface area contributed by atoms with Gasteiger partial charge in [-0.3, -0.25) is 9.36 Å². The average Bonchev–Trinajstić information content (AvgIpc) is 3.20. The predicted molar refractivity (Wildman–Crippen MR) is 141 cm³/mol. The zero-order valence-electron chi connectivity index (χ0n) is 18.8. The SMILES string of the molecule is Cc1ccc(-n2c(SCC(=O)Nc3cccc(Cl)c3C)nnc2-c2cc(Br)ccc2O)c(C)c1. The van der Waals surface area contributed by atoms with E-state index in [1.54, 1.807) is 30.3 Å². The number of benzene rings is 3. The summed E-state index contributed by atoms with van der Waals surface area (Å²) in [5.74, 6) is 0.517. The van der Waals surface area contributed by atoms with Gasteiger partial charge in [0.05, 0.1) is 17.0 Å². The highest BCUT2D eigenvalue weighted by molar-refractivity contribution is 9.10. The quantitative estimate of drug-likeness (QED) is 0.258. The number of rotatable bonds is 6. The summed E-state index contributed by atoms with van der Waals surface area (Å²) in [4.78, 5) is 12.7. The molecule has 0 spiro atoms. The molecular formula is C25H22BrClN4O2S. The van der Waals surface area contributed by atoms with Gasteiger partial charge in [0, 0.05) is 15.2 Å². The molecule has 0 radical (unpaired) electrons. The maximum absolute atomic E-state index is 12.7. The molecule has 1 amide bonds. The molecule has 0 bridgehead atoms. The molecule has 0 unspecified atom stereocenters.